The van der Waals surface area contributed by atoms with Crippen LogP contribution in [0.15, 0.2) is 11.6 Å². The molecule has 1 aromatic rings. The summed E-state index contributed by atoms with van der Waals surface area (Å²) in [6, 6.07) is 0. The maximum atomic E-state index is 11.6. The number of allylic oxidation sites excluding steroid dienone is 2. The number of nitrogens with one attached hydrogen (secondary N) is 1. The second kappa shape index (κ2) is 6.18. The van der Waals surface area contributed by atoms with Crippen molar-refractivity contribution in [3.63, 3.8) is 0 Å². The van der Waals surface area contributed by atoms with Crippen LogP contribution >= 0.6 is 0 Å². The number of fused-ring (bicyclic) bond motifs is 1. The summed E-state index contributed by atoms with van der Waals surface area (Å²) in [6.45, 7) is 6.30. The van der Waals surface area contributed by atoms with Crippen LogP contribution in [0.1, 0.15) is 69.3 Å². The Kier molecular flexibility index (Phi) is 4.56. The van der Waals surface area contributed by atoms with Crippen LogP contribution in [-0.2, 0) is 17.6 Å². The van der Waals surface area contributed by atoms with Crippen molar-refractivity contribution in [2.45, 2.75) is 65.2 Å². The van der Waals surface area contributed by atoms with E-state index in [1.807, 2.05) is 13.0 Å². The summed E-state index contributed by atoms with van der Waals surface area (Å²) in [5.74, 6) is 0.719. The summed E-state index contributed by atoms with van der Waals surface area (Å²) >= 11 is 0. The molecule has 0 unspecified atom stereocenters. The molecule has 0 atom stereocenters. The smallest absolute Gasteiger partial charge is 0.155 e. The van der Waals surface area contributed by atoms with Crippen molar-refractivity contribution in [1.82, 2.24) is 10.2 Å². The first kappa shape index (κ1) is 14.0. The predicted molar refractivity (Wildman–Crippen MR) is 77.3 cm³/mol. The lowest BCUT2D eigenvalue weighted by Crippen LogP contribution is -2.04. The van der Waals surface area contributed by atoms with Gasteiger partial charge in [0.15, 0.2) is 5.78 Å². The zero-order chi connectivity index (χ0) is 13.8. The summed E-state index contributed by atoms with van der Waals surface area (Å²) < 4.78 is 0. The van der Waals surface area contributed by atoms with Crippen LogP contribution in [0.4, 0.5) is 0 Å². The molecule has 104 valence electrons. The topological polar surface area (TPSA) is 45.8 Å². The number of aromatic amines is 1. The van der Waals surface area contributed by atoms with Crippen LogP contribution in [-0.4, -0.2) is 16.0 Å². The van der Waals surface area contributed by atoms with Crippen molar-refractivity contribution in [1.29, 1.82) is 0 Å². The van der Waals surface area contributed by atoms with Crippen molar-refractivity contribution >= 4 is 5.78 Å². The highest BCUT2D eigenvalue weighted by molar-refractivity contribution is 5.90. The minimum atomic E-state index is 0.257. The molecule has 1 N–H and O–H groups in total. The molecule has 0 bridgehead atoms. The van der Waals surface area contributed by atoms with E-state index in [9.17, 15) is 4.79 Å². The lowest BCUT2D eigenvalue weighted by Gasteiger charge is -2.14. The molecule has 0 fully saturated rings. The number of aromatic nitrogens is 2. The van der Waals surface area contributed by atoms with Crippen LogP contribution in [0.2, 0.25) is 0 Å². The number of hydrogen-bond donors (Lipinski definition) is 1. The quantitative estimate of drug-likeness (QED) is 0.842. The van der Waals surface area contributed by atoms with Gasteiger partial charge in [0, 0.05) is 12.1 Å². The first-order valence-electron chi connectivity index (χ1n) is 7.40. The van der Waals surface area contributed by atoms with E-state index in [0.29, 0.717) is 12.3 Å². The van der Waals surface area contributed by atoms with Gasteiger partial charge in [0.25, 0.3) is 0 Å². The van der Waals surface area contributed by atoms with Gasteiger partial charge in [-0.3, -0.25) is 9.89 Å². The van der Waals surface area contributed by atoms with Crippen molar-refractivity contribution < 1.29 is 4.79 Å². The van der Waals surface area contributed by atoms with E-state index in [1.54, 1.807) is 0 Å². The van der Waals surface area contributed by atoms with Gasteiger partial charge in [0.2, 0.25) is 0 Å². The molecule has 1 aliphatic rings. The van der Waals surface area contributed by atoms with Crippen LogP contribution in [0, 0.1) is 0 Å². The Labute approximate surface area is 115 Å². The molecule has 0 amide bonds. The Hall–Kier alpha value is -1.38. The number of H-pyrrole nitrogens is 1. The van der Waals surface area contributed by atoms with Gasteiger partial charge in [-0.15, -0.1) is 0 Å². The molecule has 0 aliphatic heterocycles. The number of carbonyl (C=O) groups excluding carboxylic acids is 1. The fourth-order valence-electron chi connectivity index (χ4n) is 2.76. The summed E-state index contributed by atoms with van der Waals surface area (Å²) in [5, 5.41) is 7.68. The molecule has 1 heterocycles. The fourth-order valence-corrected chi connectivity index (χ4v) is 2.76. The van der Waals surface area contributed by atoms with Crippen LogP contribution in [0.3, 0.4) is 0 Å². The van der Waals surface area contributed by atoms with E-state index >= 15 is 0 Å². The van der Waals surface area contributed by atoms with Crippen molar-refractivity contribution in [3.8, 4) is 0 Å². The summed E-state index contributed by atoms with van der Waals surface area (Å²) in [4.78, 5) is 11.6. The third kappa shape index (κ3) is 3.34. The minimum absolute atomic E-state index is 0.257. The molecule has 0 aromatic carbocycles. The lowest BCUT2D eigenvalue weighted by molar-refractivity contribution is -0.114. The lowest BCUT2D eigenvalue weighted by atomic mass is 9.90. The Morgan fingerprint density at radius 1 is 1.32 bits per heavy atom. The fraction of sp³-hybridized carbons (Fsp3) is 0.625. The summed E-state index contributed by atoms with van der Waals surface area (Å²) in [7, 11) is 0. The Balaban J connectivity index is 2.18. The number of aryl methyl sites for hydroxylation is 1. The second-order valence-electron chi connectivity index (χ2n) is 5.70. The monoisotopic (exact) mass is 260 g/mol. The van der Waals surface area contributed by atoms with Crippen molar-refractivity contribution in [2.75, 3.05) is 0 Å². The normalized spacial score (nSPS) is 18.2. The number of ketones is 1. The molecule has 0 saturated carbocycles. The number of rotatable bonds is 3. The zero-order valence-corrected chi connectivity index (χ0v) is 12.3. The molecule has 1 aromatic heterocycles. The maximum absolute atomic E-state index is 11.6. The third-order valence-electron chi connectivity index (χ3n) is 3.87. The first-order valence-corrected chi connectivity index (χ1v) is 7.40. The highest BCUT2D eigenvalue weighted by atomic mass is 16.1. The molecule has 0 spiro atoms. The minimum Gasteiger partial charge on any atom is -0.295 e. The van der Waals surface area contributed by atoms with Crippen LogP contribution in [0.25, 0.3) is 0 Å². The van der Waals surface area contributed by atoms with E-state index in [2.05, 4.69) is 24.0 Å². The number of nitrogens with zero attached hydrogens (tertiary/aromatic N) is 1. The molecular formula is C16H24N2O. The van der Waals surface area contributed by atoms with Gasteiger partial charge in [-0.25, -0.2) is 0 Å². The van der Waals surface area contributed by atoms with Gasteiger partial charge in [-0.2, -0.15) is 5.10 Å². The highest BCUT2D eigenvalue weighted by Gasteiger charge is 2.18. The van der Waals surface area contributed by atoms with Gasteiger partial charge in [0.05, 0.1) is 5.69 Å². The Bertz CT molecular complexity index is 483. The Morgan fingerprint density at radius 3 is 2.79 bits per heavy atom. The largest absolute Gasteiger partial charge is 0.295 e. The molecule has 1 aliphatic carbocycles. The second-order valence-corrected chi connectivity index (χ2v) is 5.70. The highest BCUT2D eigenvalue weighted by Crippen LogP contribution is 2.27. The molecule has 2 rings (SSSR count). The third-order valence-corrected chi connectivity index (χ3v) is 3.87. The average molecular weight is 260 g/mol. The number of hydrogen-bond acceptors (Lipinski definition) is 2. The molecule has 0 radical (unpaired) electrons. The standard InChI is InChI=1S/C16H24N2O/c1-4-13(19)10-12-6-5-7-15-14(9-8-12)16(11(2)3)18-17-15/h10-11H,4-9H2,1-3H3,(H,17,18). The van der Waals surface area contributed by atoms with Gasteiger partial charge in [0.1, 0.15) is 0 Å². The molecular weight excluding hydrogens is 236 g/mol. The van der Waals surface area contributed by atoms with Crippen LogP contribution < -0.4 is 0 Å². The first-order chi connectivity index (χ1) is 9.11. The van der Waals surface area contributed by atoms with Crippen molar-refractivity contribution in [3.05, 3.63) is 28.6 Å². The molecule has 3 heteroatoms. The molecule has 0 saturated heterocycles. The maximum Gasteiger partial charge on any atom is 0.155 e. The van der Waals surface area contributed by atoms with E-state index in [1.165, 1.54) is 22.5 Å². The average Bonchev–Trinajstić information content (AvgIpc) is 2.75. The Morgan fingerprint density at radius 2 is 2.11 bits per heavy atom. The van der Waals surface area contributed by atoms with Gasteiger partial charge >= 0.3 is 0 Å². The SMILES string of the molecule is CCC(=O)C=C1CCCc2[nH]nc(C(C)C)c2CC1. The summed E-state index contributed by atoms with van der Waals surface area (Å²) in [6.07, 6.45) is 7.70. The van der Waals surface area contributed by atoms with Gasteiger partial charge in [-0.05, 0) is 49.7 Å². The van der Waals surface area contributed by atoms with Crippen LogP contribution in [0.5, 0.6) is 0 Å². The number of carbonyl (C=O) groups is 1. The van der Waals surface area contributed by atoms with Gasteiger partial charge in [-0.1, -0.05) is 26.3 Å². The molecule has 19 heavy (non-hydrogen) atoms. The van der Waals surface area contributed by atoms with E-state index < -0.39 is 0 Å². The molecule has 3 nitrogen and oxygen atoms in total. The van der Waals surface area contributed by atoms with E-state index in [0.717, 1.165) is 32.1 Å². The zero-order valence-electron chi connectivity index (χ0n) is 12.3. The van der Waals surface area contributed by atoms with E-state index in [-0.39, 0.29) is 5.78 Å². The van der Waals surface area contributed by atoms with Gasteiger partial charge < -0.3 is 0 Å². The van der Waals surface area contributed by atoms with E-state index in [4.69, 9.17) is 0 Å². The van der Waals surface area contributed by atoms with Crippen molar-refractivity contribution in [2.24, 2.45) is 0 Å². The predicted octanol–water partition coefficient (Wildman–Crippen LogP) is 3.71. The summed E-state index contributed by atoms with van der Waals surface area (Å²) in [5.41, 5.74) is 5.22.